The molecule has 2 nitrogen and oxygen atoms in total. The standard InChI is InChI=1S/C17H15NOS/c18-15-6-8-17(19)14(9-15)11-20-16-7-5-12-3-1-2-4-13(12)10-16/h1-10,19H,11,18H2. The number of nitrogen functional groups attached to an aromatic ring is 1. The van der Waals surface area contributed by atoms with E-state index in [1.54, 1.807) is 23.9 Å². The Morgan fingerprint density at radius 3 is 2.55 bits per heavy atom. The zero-order valence-electron chi connectivity index (χ0n) is 10.9. The number of hydrogen-bond acceptors (Lipinski definition) is 3. The van der Waals surface area contributed by atoms with Crippen LogP contribution < -0.4 is 5.73 Å². The lowest BCUT2D eigenvalue weighted by Crippen LogP contribution is -1.88. The van der Waals surface area contributed by atoms with Gasteiger partial charge in [0.05, 0.1) is 0 Å². The molecule has 0 saturated carbocycles. The second kappa shape index (κ2) is 5.47. The van der Waals surface area contributed by atoms with Crippen molar-refractivity contribution >= 4 is 28.2 Å². The van der Waals surface area contributed by atoms with E-state index in [-0.39, 0.29) is 0 Å². The zero-order valence-corrected chi connectivity index (χ0v) is 11.7. The van der Waals surface area contributed by atoms with Crippen LogP contribution in [-0.4, -0.2) is 5.11 Å². The van der Waals surface area contributed by atoms with Crippen LogP contribution in [0.5, 0.6) is 5.75 Å². The van der Waals surface area contributed by atoms with E-state index in [0.717, 1.165) is 5.56 Å². The molecule has 3 aromatic carbocycles. The molecule has 0 saturated heterocycles. The topological polar surface area (TPSA) is 46.2 Å². The fourth-order valence-corrected chi connectivity index (χ4v) is 3.07. The third-order valence-corrected chi connectivity index (χ3v) is 4.26. The number of aromatic hydroxyl groups is 1. The van der Waals surface area contributed by atoms with E-state index in [1.807, 2.05) is 18.2 Å². The third-order valence-electron chi connectivity index (χ3n) is 3.22. The van der Waals surface area contributed by atoms with Gasteiger partial charge in [0.15, 0.2) is 0 Å². The van der Waals surface area contributed by atoms with E-state index in [9.17, 15) is 5.11 Å². The minimum atomic E-state index is 0.299. The highest BCUT2D eigenvalue weighted by Crippen LogP contribution is 2.30. The molecule has 0 radical (unpaired) electrons. The lowest BCUT2D eigenvalue weighted by Gasteiger charge is -2.07. The molecule has 0 aliphatic heterocycles. The summed E-state index contributed by atoms with van der Waals surface area (Å²) in [4.78, 5) is 1.19. The molecule has 0 aliphatic rings. The second-order valence-electron chi connectivity index (χ2n) is 4.69. The predicted molar refractivity (Wildman–Crippen MR) is 86.0 cm³/mol. The molecule has 3 aromatic rings. The van der Waals surface area contributed by atoms with Gasteiger partial charge < -0.3 is 10.8 Å². The van der Waals surface area contributed by atoms with Crippen molar-refractivity contribution in [3.63, 3.8) is 0 Å². The maximum absolute atomic E-state index is 9.82. The summed E-state index contributed by atoms with van der Waals surface area (Å²) in [5.41, 5.74) is 7.29. The van der Waals surface area contributed by atoms with Crippen LogP contribution in [0.2, 0.25) is 0 Å². The van der Waals surface area contributed by atoms with E-state index >= 15 is 0 Å². The van der Waals surface area contributed by atoms with Crippen molar-refractivity contribution in [1.82, 2.24) is 0 Å². The van der Waals surface area contributed by atoms with E-state index in [2.05, 4.69) is 30.3 Å². The fraction of sp³-hybridized carbons (Fsp3) is 0.0588. The molecule has 20 heavy (non-hydrogen) atoms. The number of thioether (sulfide) groups is 1. The zero-order chi connectivity index (χ0) is 13.9. The Morgan fingerprint density at radius 2 is 1.70 bits per heavy atom. The third kappa shape index (κ3) is 2.73. The summed E-state index contributed by atoms with van der Waals surface area (Å²) >= 11 is 1.70. The number of nitrogens with two attached hydrogens (primary N) is 1. The lowest BCUT2D eigenvalue weighted by molar-refractivity contribution is 0.471. The van der Waals surface area contributed by atoms with Gasteiger partial charge in [0.1, 0.15) is 5.75 Å². The Kier molecular flexibility index (Phi) is 3.52. The number of hydrogen-bond donors (Lipinski definition) is 2. The summed E-state index contributed by atoms with van der Waals surface area (Å²) < 4.78 is 0. The van der Waals surface area contributed by atoms with Crippen molar-refractivity contribution in [2.75, 3.05) is 5.73 Å². The van der Waals surface area contributed by atoms with Crippen molar-refractivity contribution in [2.24, 2.45) is 0 Å². The SMILES string of the molecule is Nc1ccc(O)c(CSc2ccc3ccccc3c2)c1. The molecular weight excluding hydrogens is 266 g/mol. The highest BCUT2D eigenvalue weighted by atomic mass is 32.2. The Bertz CT molecular complexity index is 755. The van der Waals surface area contributed by atoms with Gasteiger partial charge in [-0.25, -0.2) is 0 Å². The van der Waals surface area contributed by atoms with Crippen LogP contribution in [0.3, 0.4) is 0 Å². The van der Waals surface area contributed by atoms with Gasteiger partial charge >= 0.3 is 0 Å². The molecule has 0 atom stereocenters. The quantitative estimate of drug-likeness (QED) is 0.424. The number of rotatable bonds is 3. The highest BCUT2D eigenvalue weighted by molar-refractivity contribution is 7.98. The van der Waals surface area contributed by atoms with Gasteiger partial charge in [-0.15, -0.1) is 11.8 Å². The second-order valence-corrected chi connectivity index (χ2v) is 5.73. The van der Waals surface area contributed by atoms with Crippen molar-refractivity contribution in [3.05, 3.63) is 66.2 Å². The van der Waals surface area contributed by atoms with Gasteiger partial charge in [0, 0.05) is 21.9 Å². The molecular formula is C17H15NOS. The van der Waals surface area contributed by atoms with Crippen LogP contribution in [0.1, 0.15) is 5.56 Å². The van der Waals surface area contributed by atoms with Gasteiger partial charge in [0.2, 0.25) is 0 Å². The van der Waals surface area contributed by atoms with Crippen molar-refractivity contribution < 1.29 is 5.11 Å². The van der Waals surface area contributed by atoms with Crippen LogP contribution in [0, 0.1) is 0 Å². The Hall–Kier alpha value is -2.13. The van der Waals surface area contributed by atoms with Crippen LogP contribution in [0.15, 0.2) is 65.6 Å². The molecule has 0 aromatic heterocycles. The molecule has 3 rings (SSSR count). The molecule has 100 valence electrons. The summed E-state index contributed by atoms with van der Waals surface area (Å²) in [5, 5.41) is 12.3. The van der Waals surface area contributed by atoms with Crippen LogP contribution >= 0.6 is 11.8 Å². The largest absolute Gasteiger partial charge is 0.508 e. The van der Waals surface area contributed by atoms with Gasteiger partial charge in [-0.3, -0.25) is 0 Å². The Morgan fingerprint density at radius 1 is 0.900 bits per heavy atom. The average Bonchev–Trinajstić information content (AvgIpc) is 2.48. The fourth-order valence-electron chi connectivity index (χ4n) is 2.14. The first kappa shape index (κ1) is 12.9. The predicted octanol–water partition coefficient (Wildman–Crippen LogP) is 4.42. The lowest BCUT2D eigenvalue weighted by atomic mass is 10.1. The van der Waals surface area contributed by atoms with Gasteiger partial charge in [0.25, 0.3) is 0 Å². The minimum absolute atomic E-state index is 0.299. The van der Waals surface area contributed by atoms with Crippen LogP contribution in [0.25, 0.3) is 10.8 Å². The first-order chi connectivity index (χ1) is 9.72. The van der Waals surface area contributed by atoms with Crippen molar-refractivity contribution in [2.45, 2.75) is 10.6 Å². The molecule has 0 aliphatic carbocycles. The summed E-state index contributed by atoms with van der Waals surface area (Å²) in [6, 6.07) is 19.9. The highest BCUT2D eigenvalue weighted by Gasteiger charge is 2.03. The van der Waals surface area contributed by atoms with Gasteiger partial charge in [-0.2, -0.15) is 0 Å². The van der Waals surface area contributed by atoms with Gasteiger partial charge in [-0.05, 0) is 41.1 Å². The number of phenolic OH excluding ortho intramolecular Hbond substituents is 1. The molecule has 0 bridgehead atoms. The van der Waals surface area contributed by atoms with E-state index in [4.69, 9.17) is 5.73 Å². The first-order valence-corrected chi connectivity index (χ1v) is 7.40. The van der Waals surface area contributed by atoms with Crippen LogP contribution in [0.4, 0.5) is 5.69 Å². The average molecular weight is 281 g/mol. The Balaban J connectivity index is 1.81. The van der Waals surface area contributed by atoms with E-state index < -0.39 is 0 Å². The van der Waals surface area contributed by atoms with Gasteiger partial charge in [-0.1, -0.05) is 30.3 Å². The summed E-state index contributed by atoms with van der Waals surface area (Å²) in [6.45, 7) is 0. The smallest absolute Gasteiger partial charge is 0.119 e. The maximum Gasteiger partial charge on any atom is 0.119 e. The number of benzene rings is 3. The maximum atomic E-state index is 9.82. The summed E-state index contributed by atoms with van der Waals surface area (Å²) in [6.07, 6.45) is 0. The van der Waals surface area contributed by atoms with Crippen molar-refractivity contribution in [1.29, 1.82) is 0 Å². The van der Waals surface area contributed by atoms with Crippen molar-refractivity contribution in [3.8, 4) is 5.75 Å². The molecule has 0 unspecified atom stereocenters. The molecule has 0 amide bonds. The normalized spacial score (nSPS) is 10.8. The van der Waals surface area contributed by atoms with E-state index in [1.165, 1.54) is 15.7 Å². The van der Waals surface area contributed by atoms with E-state index in [0.29, 0.717) is 17.2 Å². The number of anilines is 1. The summed E-state index contributed by atoms with van der Waals surface area (Å²) in [7, 11) is 0. The minimum Gasteiger partial charge on any atom is -0.508 e. The molecule has 0 fully saturated rings. The molecule has 0 spiro atoms. The molecule has 0 heterocycles. The number of phenols is 1. The monoisotopic (exact) mass is 281 g/mol. The molecule has 3 N–H and O–H groups in total. The summed E-state index contributed by atoms with van der Waals surface area (Å²) in [5.74, 6) is 1.00. The number of fused-ring (bicyclic) bond motifs is 1. The first-order valence-electron chi connectivity index (χ1n) is 6.41. The molecule has 3 heteroatoms. The Labute approximate surface area is 122 Å². The van der Waals surface area contributed by atoms with Crippen LogP contribution in [-0.2, 0) is 5.75 Å².